The summed E-state index contributed by atoms with van der Waals surface area (Å²) in [5.74, 6) is 4.91. The Morgan fingerprint density at radius 1 is 0.243 bits per heavy atom. The Bertz CT molecular complexity index is 2750. The SMILES string of the molecule is CC(C)c1cc(C(C)C)cc(N2/C(=C3/N(c4cc(C(C)C)cc(C(C)C)c4)c4ccc(C(C)(C)C)cc4N3c3cc(C(C)C)cc(C(C)C)c3)N(c3cc(C(C)C)cc(C(C)C)c3)c3cc(C(C)(C)C)ccc32)c1. The van der Waals surface area contributed by atoms with E-state index >= 15 is 0 Å². The summed E-state index contributed by atoms with van der Waals surface area (Å²) in [5.41, 5.74) is 22.7. The molecule has 8 rings (SSSR count). The molecule has 0 spiro atoms. The lowest BCUT2D eigenvalue weighted by Gasteiger charge is -2.35. The number of hydrogen-bond donors (Lipinski definition) is 0. The van der Waals surface area contributed by atoms with E-state index in [2.05, 4.69) is 281 Å². The number of nitrogens with zero attached hydrogens (tertiary/aromatic N) is 4. The largest absolute Gasteiger partial charge is 0.291 e. The minimum atomic E-state index is -0.0905. The molecule has 0 saturated carbocycles. The van der Waals surface area contributed by atoms with Crippen molar-refractivity contribution in [3.05, 3.63) is 176 Å². The van der Waals surface area contributed by atoms with E-state index < -0.39 is 0 Å². The average molecular weight is 990 g/mol. The summed E-state index contributed by atoms with van der Waals surface area (Å²) in [7, 11) is 0. The van der Waals surface area contributed by atoms with Crippen molar-refractivity contribution >= 4 is 45.5 Å². The molecule has 0 unspecified atom stereocenters. The second-order valence-electron chi connectivity index (χ2n) is 26.6. The number of fused-ring (bicyclic) bond motifs is 2. The highest BCUT2D eigenvalue weighted by Crippen LogP contribution is 2.59. The molecule has 6 aromatic rings. The highest BCUT2D eigenvalue weighted by Gasteiger charge is 2.46. The van der Waals surface area contributed by atoms with Gasteiger partial charge < -0.3 is 0 Å². The van der Waals surface area contributed by atoms with Gasteiger partial charge in [-0.2, -0.15) is 0 Å². The minimum absolute atomic E-state index is 0.0905. The van der Waals surface area contributed by atoms with Crippen LogP contribution in [0.4, 0.5) is 45.5 Å². The van der Waals surface area contributed by atoms with Crippen LogP contribution in [-0.2, 0) is 10.8 Å². The molecule has 0 radical (unpaired) electrons. The lowest BCUT2D eigenvalue weighted by Crippen LogP contribution is -2.34. The van der Waals surface area contributed by atoms with Gasteiger partial charge in [0.25, 0.3) is 0 Å². The first-order valence-electron chi connectivity index (χ1n) is 28.4. The zero-order valence-corrected chi connectivity index (χ0v) is 49.8. The fourth-order valence-electron chi connectivity index (χ4n) is 10.6. The average Bonchev–Trinajstić information content (AvgIpc) is 3.85. The Morgan fingerprint density at radius 3 is 0.608 bits per heavy atom. The lowest BCUT2D eigenvalue weighted by atomic mass is 9.86. The number of anilines is 8. The van der Waals surface area contributed by atoms with Gasteiger partial charge in [0.15, 0.2) is 11.6 Å². The van der Waals surface area contributed by atoms with Gasteiger partial charge in [-0.25, -0.2) is 0 Å². The van der Waals surface area contributed by atoms with Gasteiger partial charge in [-0.05, 0) is 187 Å². The third kappa shape index (κ3) is 10.5. The molecule has 392 valence electrons. The van der Waals surface area contributed by atoms with Crippen molar-refractivity contribution in [1.82, 2.24) is 0 Å². The van der Waals surface area contributed by atoms with Crippen LogP contribution in [0.1, 0.15) is 255 Å². The maximum absolute atomic E-state index is 2.68. The van der Waals surface area contributed by atoms with Crippen LogP contribution in [0.5, 0.6) is 0 Å². The zero-order valence-electron chi connectivity index (χ0n) is 49.8. The fourth-order valence-corrected chi connectivity index (χ4v) is 10.6. The predicted molar refractivity (Wildman–Crippen MR) is 324 cm³/mol. The third-order valence-electron chi connectivity index (χ3n) is 15.9. The van der Waals surface area contributed by atoms with Gasteiger partial charge in [-0.3, -0.25) is 19.6 Å². The molecule has 0 amide bonds. The van der Waals surface area contributed by atoms with Crippen LogP contribution in [0.3, 0.4) is 0 Å². The van der Waals surface area contributed by atoms with Crippen molar-refractivity contribution in [2.45, 2.75) is 210 Å². The van der Waals surface area contributed by atoms with Gasteiger partial charge in [0.2, 0.25) is 0 Å². The van der Waals surface area contributed by atoms with Crippen molar-refractivity contribution in [2.24, 2.45) is 0 Å². The van der Waals surface area contributed by atoms with E-state index in [1.807, 2.05) is 0 Å². The predicted octanol–water partition coefficient (Wildman–Crippen LogP) is 21.7. The van der Waals surface area contributed by atoms with Gasteiger partial charge in [-0.1, -0.05) is 189 Å². The number of hydrogen-bond acceptors (Lipinski definition) is 4. The quantitative estimate of drug-likeness (QED) is 0.121. The van der Waals surface area contributed by atoms with Gasteiger partial charge in [0, 0.05) is 22.7 Å². The molecule has 0 atom stereocenters. The van der Waals surface area contributed by atoms with E-state index in [-0.39, 0.29) is 10.8 Å². The van der Waals surface area contributed by atoms with E-state index in [4.69, 9.17) is 0 Å². The molecule has 6 aromatic carbocycles. The highest BCUT2D eigenvalue weighted by molar-refractivity contribution is 6.01. The second-order valence-corrected chi connectivity index (χ2v) is 26.6. The summed E-state index contributed by atoms with van der Waals surface area (Å²) in [5, 5.41) is 0. The van der Waals surface area contributed by atoms with Crippen molar-refractivity contribution < 1.29 is 0 Å². The Hall–Kier alpha value is -5.74. The topological polar surface area (TPSA) is 13.0 Å². The first-order chi connectivity index (χ1) is 34.5. The normalized spacial score (nSPS) is 15.3. The fraction of sp³-hybridized carbons (Fsp3) is 0.457. The van der Waals surface area contributed by atoms with Crippen LogP contribution >= 0.6 is 0 Å². The lowest BCUT2D eigenvalue weighted by molar-refractivity contribution is 0.590. The Morgan fingerprint density at radius 2 is 0.432 bits per heavy atom. The van der Waals surface area contributed by atoms with Crippen LogP contribution in [0.25, 0.3) is 0 Å². The molecule has 0 fully saturated rings. The van der Waals surface area contributed by atoms with Crippen LogP contribution in [0, 0.1) is 0 Å². The molecule has 2 heterocycles. The van der Waals surface area contributed by atoms with E-state index in [1.165, 1.54) is 101 Å². The molecule has 0 aromatic heterocycles. The second kappa shape index (κ2) is 20.4. The standard InChI is InChI=1S/C70H92N4/c1-41(2)49-27-50(42(3)4)32-59(31-49)71-63-25-23-57(69(17,18)19)39-65(63)73(61-35-53(45(9)10)29-54(36-61)46(11)12)67(71)68-72(60-33-51(43(5)6)28-52(34-60)44(7)8)64-26-24-58(70(20,21)22)40-66(64)74(68)62-37-55(47(13)14)30-56(38-62)48(15)16/h23-48H,1-22H3/b68-67+. The third-order valence-corrected chi connectivity index (χ3v) is 15.9. The maximum Gasteiger partial charge on any atom is 0.166 e. The van der Waals surface area contributed by atoms with Gasteiger partial charge in [0.1, 0.15) is 0 Å². The first-order valence-corrected chi connectivity index (χ1v) is 28.4. The summed E-state index contributed by atoms with van der Waals surface area (Å²) < 4.78 is 0. The van der Waals surface area contributed by atoms with Gasteiger partial charge >= 0.3 is 0 Å². The van der Waals surface area contributed by atoms with Gasteiger partial charge in [0.05, 0.1) is 22.7 Å². The summed E-state index contributed by atoms with van der Waals surface area (Å²) in [6.45, 7) is 51.7. The highest BCUT2D eigenvalue weighted by atomic mass is 15.5. The minimum Gasteiger partial charge on any atom is -0.291 e. The van der Waals surface area contributed by atoms with E-state index in [9.17, 15) is 0 Å². The Kier molecular flexibility index (Phi) is 15.0. The smallest absolute Gasteiger partial charge is 0.166 e. The van der Waals surface area contributed by atoms with E-state index in [0.29, 0.717) is 47.3 Å². The summed E-state index contributed by atoms with van der Waals surface area (Å²) >= 11 is 0. The number of rotatable bonds is 12. The van der Waals surface area contributed by atoms with E-state index in [1.54, 1.807) is 0 Å². The van der Waals surface area contributed by atoms with Gasteiger partial charge in [-0.15, -0.1) is 0 Å². The van der Waals surface area contributed by atoms with Crippen LogP contribution in [0.2, 0.25) is 0 Å². The zero-order chi connectivity index (χ0) is 54.2. The molecule has 74 heavy (non-hydrogen) atoms. The molecule has 0 N–H and O–H groups in total. The van der Waals surface area contributed by atoms with Crippen LogP contribution in [0.15, 0.2) is 121 Å². The summed E-state index contributed by atoms with van der Waals surface area (Å²) in [6.07, 6.45) is 0. The van der Waals surface area contributed by atoms with Crippen molar-refractivity contribution in [1.29, 1.82) is 0 Å². The maximum atomic E-state index is 2.68. The molecule has 4 heteroatoms. The van der Waals surface area contributed by atoms with E-state index in [0.717, 1.165) is 11.6 Å². The Labute approximate surface area is 449 Å². The molecule has 2 aliphatic heterocycles. The van der Waals surface area contributed by atoms with Crippen molar-refractivity contribution in [2.75, 3.05) is 19.6 Å². The first kappa shape index (κ1) is 54.5. The molecule has 4 nitrogen and oxygen atoms in total. The molecule has 0 aliphatic carbocycles. The van der Waals surface area contributed by atoms with Crippen molar-refractivity contribution in [3.63, 3.8) is 0 Å². The number of benzene rings is 6. The Balaban J connectivity index is 1.70. The summed E-state index contributed by atoms with van der Waals surface area (Å²) in [6, 6.07) is 44.5. The molecular formula is C70H92N4. The van der Waals surface area contributed by atoms with Crippen LogP contribution < -0.4 is 19.6 Å². The molecule has 2 aliphatic rings. The molecule has 0 bridgehead atoms. The summed E-state index contributed by atoms with van der Waals surface area (Å²) in [4.78, 5) is 10.7. The molecule has 0 saturated heterocycles. The monoisotopic (exact) mass is 989 g/mol. The van der Waals surface area contributed by atoms with Crippen molar-refractivity contribution in [3.8, 4) is 0 Å². The van der Waals surface area contributed by atoms with Crippen LogP contribution in [-0.4, -0.2) is 0 Å². The molecular weight excluding hydrogens is 897 g/mol.